The lowest BCUT2D eigenvalue weighted by molar-refractivity contribution is 0.200. The summed E-state index contributed by atoms with van der Waals surface area (Å²) in [6, 6.07) is 16.9. The van der Waals surface area contributed by atoms with Crippen LogP contribution in [0.1, 0.15) is 96.9 Å². The maximum Gasteiger partial charge on any atom is 0.0714 e. The Morgan fingerprint density at radius 3 is 0.816 bits per heavy atom. The number of hydrogen-bond acceptors (Lipinski definition) is 6. The molecule has 0 unspecified atom stereocenters. The molecule has 2 N–H and O–H groups in total. The zero-order valence-corrected chi connectivity index (χ0v) is 22.9. The molecule has 38 heavy (non-hydrogen) atoms. The average Bonchev–Trinajstić information content (AvgIpc) is 3.00. The number of nitrogens with zero attached hydrogens (tertiary/aromatic N) is 4. The van der Waals surface area contributed by atoms with E-state index < -0.39 is 0 Å². The Bertz CT molecular complexity index is 1090. The van der Waals surface area contributed by atoms with Gasteiger partial charge in [0.1, 0.15) is 0 Å². The van der Waals surface area contributed by atoms with Gasteiger partial charge in [-0.2, -0.15) is 0 Å². The average molecular weight is 507 g/mol. The molecule has 0 saturated carbocycles. The minimum atomic E-state index is -0.0929. The molecule has 0 spiro atoms. The highest BCUT2D eigenvalue weighted by atomic mass is 15.2. The predicted molar refractivity (Wildman–Crippen MR) is 152 cm³/mol. The third kappa shape index (κ3) is 5.52. The fourth-order valence-electron chi connectivity index (χ4n) is 5.11. The molecule has 6 nitrogen and oxygen atoms in total. The molecule has 0 radical (unpaired) electrons. The summed E-state index contributed by atoms with van der Waals surface area (Å²) in [5.74, 6) is 0. The zero-order chi connectivity index (χ0) is 26.5. The number of hydrogen-bond donors (Lipinski definition) is 2. The molecule has 4 atom stereocenters. The van der Waals surface area contributed by atoms with Gasteiger partial charge in [-0.3, -0.25) is 30.6 Å². The lowest BCUT2D eigenvalue weighted by Crippen LogP contribution is -2.50. The highest BCUT2D eigenvalue weighted by molar-refractivity contribution is 5.30. The van der Waals surface area contributed by atoms with Crippen LogP contribution in [0.2, 0.25) is 0 Å². The summed E-state index contributed by atoms with van der Waals surface area (Å²) >= 11 is 0. The molecule has 1 saturated heterocycles. The van der Waals surface area contributed by atoms with E-state index in [9.17, 15) is 0 Å². The van der Waals surface area contributed by atoms with Gasteiger partial charge >= 0.3 is 0 Å². The van der Waals surface area contributed by atoms with E-state index in [0.29, 0.717) is 0 Å². The van der Waals surface area contributed by atoms with Crippen molar-refractivity contribution in [2.45, 2.75) is 77.5 Å². The van der Waals surface area contributed by atoms with Gasteiger partial charge in [0.05, 0.1) is 46.9 Å². The number of nitrogens with one attached hydrogen (secondary N) is 2. The third-order valence-electron chi connectivity index (χ3n) is 7.68. The third-order valence-corrected chi connectivity index (χ3v) is 7.68. The Labute approximate surface area is 226 Å². The van der Waals surface area contributed by atoms with E-state index in [4.69, 9.17) is 19.9 Å². The normalized spacial score (nSPS) is 21.4. The quantitative estimate of drug-likeness (QED) is 0.306. The monoisotopic (exact) mass is 506 g/mol. The van der Waals surface area contributed by atoms with Crippen molar-refractivity contribution in [2.24, 2.45) is 0 Å². The summed E-state index contributed by atoms with van der Waals surface area (Å²) in [6.07, 6.45) is 11.8. The van der Waals surface area contributed by atoms with E-state index in [2.05, 4.69) is 86.9 Å². The van der Waals surface area contributed by atoms with Gasteiger partial charge in [-0.05, 0) is 72.2 Å². The first kappa shape index (κ1) is 26.1. The smallest absolute Gasteiger partial charge is 0.0714 e. The highest BCUT2D eigenvalue weighted by Crippen LogP contribution is 2.41. The van der Waals surface area contributed by atoms with Crippen LogP contribution in [-0.2, 0) is 25.7 Å². The molecule has 5 rings (SSSR count). The highest BCUT2D eigenvalue weighted by Gasteiger charge is 2.41. The van der Waals surface area contributed by atoms with Crippen molar-refractivity contribution in [1.29, 1.82) is 0 Å². The SMILES string of the molecule is CCc1ccc([C@H]2N[C@@H](c3ccc(CC)cn3)[C@H](c3ccc(CC)cn3)N[C@@H]2c2ccc(CC)cn2)nc1. The topological polar surface area (TPSA) is 75.6 Å². The van der Waals surface area contributed by atoms with Crippen LogP contribution in [-0.4, -0.2) is 19.9 Å². The molecule has 6 heteroatoms. The van der Waals surface area contributed by atoms with Crippen LogP contribution in [0.15, 0.2) is 73.3 Å². The van der Waals surface area contributed by atoms with E-state index in [1.807, 2.05) is 24.8 Å². The first-order valence-electron chi connectivity index (χ1n) is 13.9. The van der Waals surface area contributed by atoms with Crippen molar-refractivity contribution in [2.75, 3.05) is 0 Å². The molecule has 196 valence electrons. The Hall–Kier alpha value is -3.48. The van der Waals surface area contributed by atoms with Crippen LogP contribution in [0.25, 0.3) is 0 Å². The predicted octanol–water partition coefficient (Wildman–Crippen LogP) is 5.97. The van der Waals surface area contributed by atoms with E-state index in [1.54, 1.807) is 0 Å². The minimum Gasteiger partial charge on any atom is -0.297 e. The summed E-state index contributed by atoms with van der Waals surface area (Å²) in [4.78, 5) is 19.6. The van der Waals surface area contributed by atoms with Crippen molar-refractivity contribution < 1.29 is 0 Å². The fourth-order valence-corrected chi connectivity index (χ4v) is 5.11. The molecule has 4 aromatic heterocycles. The van der Waals surface area contributed by atoms with Crippen LogP contribution >= 0.6 is 0 Å². The van der Waals surface area contributed by atoms with Gasteiger partial charge in [0.15, 0.2) is 0 Å². The Balaban J connectivity index is 1.59. The second-order valence-corrected chi connectivity index (χ2v) is 10.0. The van der Waals surface area contributed by atoms with Gasteiger partial charge in [0.2, 0.25) is 0 Å². The van der Waals surface area contributed by atoms with E-state index >= 15 is 0 Å². The molecule has 0 aliphatic carbocycles. The first-order valence-corrected chi connectivity index (χ1v) is 13.9. The van der Waals surface area contributed by atoms with Crippen molar-refractivity contribution in [3.05, 3.63) is 118 Å². The molecule has 0 amide bonds. The van der Waals surface area contributed by atoms with E-state index in [-0.39, 0.29) is 24.2 Å². The summed E-state index contributed by atoms with van der Waals surface area (Å²) in [7, 11) is 0. The number of aromatic nitrogens is 4. The summed E-state index contributed by atoms with van der Waals surface area (Å²) in [5.41, 5.74) is 8.87. The lowest BCUT2D eigenvalue weighted by atomic mass is 9.88. The summed E-state index contributed by atoms with van der Waals surface area (Å²) in [5, 5.41) is 7.90. The van der Waals surface area contributed by atoms with Gasteiger partial charge in [-0.15, -0.1) is 0 Å². The van der Waals surface area contributed by atoms with Crippen LogP contribution in [0.5, 0.6) is 0 Å². The standard InChI is InChI=1S/C32H38N6/c1-5-21-9-13-25(33-17-21)29-30(26-14-10-22(6-2)18-34-26)38-32(28-16-12-24(8-4)20-36-28)31(37-29)27-15-11-23(7-3)19-35-27/h9-20,29-32,37-38H,5-8H2,1-4H3/t29-,30-,31+,32+. The van der Waals surface area contributed by atoms with Crippen molar-refractivity contribution >= 4 is 0 Å². The van der Waals surface area contributed by atoms with Crippen molar-refractivity contribution in [3.63, 3.8) is 0 Å². The zero-order valence-electron chi connectivity index (χ0n) is 22.9. The van der Waals surface area contributed by atoms with Crippen molar-refractivity contribution in [1.82, 2.24) is 30.6 Å². The van der Waals surface area contributed by atoms with Crippen LogP contribution < -0.4 is 10.6 Å². The maximum absolute atomic E-state index is 4.89. The van der Waals surface area contributed by atoms with Gasteiger partial charge in [-0.1, -0.05) is 52.0 Å². The summed E-state index contributed by atoms with van der Waals surface area (Å²) in [6.45, 7) is 8.62. The first-order chi connectivity index (χ1) is 18.6. The Morgan fingerprint density at radius 2 is 0.658 bits per heavy atom. The molecule has 1 aliphatic heterocycles. The van der Waals surface area contributed by atoms with Gasteiger partial charge in [-0.25, -0.2) is 0 Å². The molecular formula is C32H38N6. The Kier molecular flexibility index (Phi) is 8.20. The number of aryl methyl sites for hydroxylation is 4. The van der Waals surface area contributed by atoms with E-state index in [1.165, 1.54) is 22.3 Å². The maximum atomic E-state index is 4.89. The summed E-state index contributed by atoms with van der Waals surface area (Å²) < 4.78 is 0. The molecule has 4 aromatic rings. The van der Waals surface area contributed by atoms with Crippen LogP contribution in [0, 0.1) is 0 Å². The number of pyridine rings is 4. The van der Waals surface area contributed by atoms with Gasteiger partial charge in [0.25, 0.3) is 0 Å². The number of piperazine rings is 1. The fraction of sp³-hybridized carbons (Fsp3) is 0.375. The van der Waals surface area contributed by atoms with Crippen molar-refractivity contribution in [3.8, 4) is 0 Å². The molecule has 1 aliphatic rings. The largest absolute Gasteiger partial charge is 0.297 e. The lowest BCUT2D eigenvalue weighted by Gasteiger charge is -2.43. The van der Waals surface area contributed by atoms with Crippen LogP contribution in [0.3, 0.4) is 0 Å². The molecule has 0 aromatic carbocycles. The van der Waals surface area contributed by atoms with Gasteiger partial charge in [0, 0.05) is 24.8 Å². The van der Waals surface area contributed by atoms with E-state index in [0.717, 1.165) is 48.5 Å². The molecule has 0 bridgehead atoms. The second-order valence-electron chi connectivity index (χ2n) is 10.0. The number of rotatable bonds is 8. The molecule has 1 fully saturated rings. The second kappa shape index (κ2) is 11.9. The molecular weight excluding hydrogens is 468 g/mol. The van der Waals surface area contributed by atoms with Crippen LogP contribution in [0.4, 0.5) is 0 Å². The minimum absolute atomic E-state index is 0.0929. The Morgan fingerprint density at radius 1 is 0.421 bits per heavy atom. The van der Waals surface area contributed by atoms with Gasteiger partial charge < -0.3 is 0 Å². The molecule has 5 heterocycles.